The van der Waals surface area contributed by atoms with Gasteiger partial charge >= 0.3 is 0 Å². The van der Waals surface area contributed by atoms with E-state index in [-0.39, 0.29) is 17.5 Å². The van der Waals surface area contributed by atoms with E-state index in [1.165, 1.54) is 119 Å². The van der Waals surface area contributed by atoms with Gasteiger partial charge in [0, 0.05) is 63.7 Å². The first-order valence-corrected chi connectivity index (χ1v) is 19.5. The molecule has 0 spiro atoms. The van der Waals surface area contributed by atoms with Crippen LogP contribution in [-0.2, 0) is 10.8 Å². The highest BCUT2D eigenvalue weighted by molar-refractivity contribution is 8.00. The summed E-state index contributed by atoms with van der Waals surface area (Å²) in [7, 11) is 0. The standard InChI is InChI=1S/C48H31BN2S/c1-47(2)32-18-11-19-33-38(32)49-39-34(47)22-30-28-16-9-14-26-24-12-5-7-20-36(24)50(41(26)28)43(30)45(39)52-46-40(49)35(48(33,3)4)23-31-29-17-10-15-27-25-13-6-8-21-37(25)51(42(27)29)44(31)46/h5-23H,1-4H3. The van der Waals surface area contributed by atoms with Crippen molar-refractivity contribution in [3.8, 4) is 0 Å². The van der Waals surface area contributed by atoms with Crippen molar-refractivity contribution in [3.05, 3.63) is 138 Å². The van der Waals surface area contributed by atoms with Crippen molar-refractivity contribution in [2.45, 2.75) is 48.3 Å². The zero-order chi connectivity index (χ0) is 34.2. The van der Waals surface area contributed by atoms with Crippen LogP contribution in [0.15, 0.2) is 125 Å². The van der Waals surface area contributed by atoms with E-state index in [0.29, 0.717) is 0 Å². The summed E-state index contributed by atoms with van der Waals surface area (Å²) >= 11 is 2.07. The topological polar surface area (TPSA) is 8.82 Å². The van der Waals surface area contributed by atoms with Gasteiger partial charge in [-0.15, -0.1) is 0 Å². The molecule has 0 saturated heterocycles. The zero-order valence-electron chi connectivity index (χ0n) is 29.3. The fraction of sp³-hybridized carbons (Fsp3) is 0.125. The molecular formula is C48H31BN2S. The highest BCUT2D eigenvalue weighted by Crippen LogP contribution is 2.53. The molecule has 4 heteroatoms. The molecule has 0 aliphatic carbocycles. The second kappa shape index (κ2) is 8.27. The maximum Gasteiger partial charge on any atom is 0.245 e. The van der Waals surface area contributed by atoms with Crippen LogP contribution < -0.4 is 16.4 Å². The van der Waals surface area contributed by atoms with Gasteiger partial charge in [-0.25, -0.2) is 0 Å². The minimum absolute atomic E-state index is 0.143. The molecular weight excluding hydrogens is 647 g/mol. The molecule has 0 radical (unpaired) electrons. The van der Waals surface area contributed by atoms with Crippen molar-refractivity contribution in [3.63, 3.8) is 0 Å². The fourth-order valence-electron chi connectivity index (χ4n) is 11.7. The summed E-state index contributed by atoms with van der Waals surface area (Å²) in [6, 6.07) is 44.5. The Hall–Kier alpha value is -5.45. The normalized spacial score (nSPS) is 16.7. The lowest BCUT2D eigenvalue weighted by Gasteiger charge is -2.49. The minimum atomic E-state index is -0.143. The summed E-state index contributed by atoms with van der Waals surface area (Å²) in [5.41, 5.74) is 18.4. The van der Waals surface area contributed by atoms with Crippen LogP contribution in [0.5, 0.6) is 0 Å². The molecule has 0 atom stereocenters. The SMILES string of the molecule is CC1(C)c2cccc3c2B2c4c1cc1c5cccc6c7ccccc7n(c1c4Sc1c2c(cc2c4cccc7c8ccccc8n(c12)c74)C3(C)C)c65. The molecule has 52 heavy (non-hydrogen) atoms. The van der Waals surface area contributed by atoms with Crippen LogP contribution in [0.2, 0.25) is 0 Å². The Balaban J connectivity index is 1.27. The van der Waals surface area contributed by atoms with E-state index in [4.69, 9.17) is 0 Å². The van der Waals surface area contributed by atoms with Crippen LogP contribution in [0.1, 0.15) is 49.9 Å². The molecule has 4 aromatic heterocycles. The summed E-state index contributed by atoms with van der Waals surface area (Å²) in [5, 5.41) is 10.8. The van der Waals surface area contributed by atoms with Crippen molar-refractivity contribution >= 4 is 111 Å². The van der Waals surface area contributed by atoms with Crippen molar-refractivity contribution in [1.82, 2.24) is 8.80 Å². The van der Waals surface area contributed by atoms with Crippen molar-refractivity contribution < 1.29 is 0 Å². The summed E-state index contributed by atoms with van der Waals surface area (Å²) in [5.74, 6) is 0. The number of hydrogen-bond acceptors (Lipinski definition) is 1. The lowest BCUT2D eigenvalue weighted by atomic mass is 9.27. The zero-order valence-corrected chi connectivity index (χ0v) is 30.2. The first-order valence-electron chi connectivity index (χ1n) is 18.7. The monoisotopic (exact) mass is 678 g/mol. The second-order valence-corrected chi connectivity index (χ2v) is 17.8. The van der Waals surface area contributed by atoms with Gasteiger partial charge in [-0.1, -0.05) is 136 Å². The smallest absolute Gasteiger partial charge is 0.245 e. The van der Waals surface area contributed by atoms with Crippen LogP contribution in [0.25, 0.3) is 76.2 Å². The van der Waals surface area contributed by atoms with Gasteiger partial charge in [-0.2, -0.15) is 0 Å². The van der Waals surface area contributed by atoms with Gasteiger partial charge in [0.15, 0.2) is 0 Å². The van der Waals surface area contributed by atoms with Crippen LogP contribution in [0.3, 0.4) is 0 Å². The lowest BCUT2D eigenvalue weighted by Crippen LogP contribution is -2.68. The molecule has 7 heterocycles. The third kappa shape index (κ3) is 2.65. The van der Waals surface area contributed by atoms with Gasteiger partial charge in [0.1, 0.15) is 0 Å². The number of aromatic nitrogens is 2. The quantitative estimate of drug-likeness (QED) is 0.145. The predicted octanol–water partition coefficient (Wildman–Crippen LogP) is 10.2. The molecule has 0 N–H and O–H groups in total. The Labute approximate surface area is 304 Å². The molecule has 11 aromatic rings. The number of rotatable bonds is 0. The number of fused-ring (bicyclic) bond motifs is 14. The van der Waals surface area contributed by atoms with Gasteiger partial charge in [0.05, 0.1) is 33.1 Å². The summed E-state index contributed by atoms with van der Waals surface area (Å²) in [4.78, 5) is 2.89. The highest BCUT2D eigenvalue weighted by Gasteiger charge is 2.53. The van der Waals surface area contributed by atoms with Crippen LogP contribution in [0.4, 0.5) is 0 Å². The number of para-hydroxylation sites is 4. The Kier molecular flexibility index (Phi) is 4.33. The average molecular weight is 679 g/mol. The van der Waals surface area contributed by atoms with E-state index < -0.39 is 0 Å². The first-order chi connectivity index (χ1) is 25.4. The fourth-order valence-corrected chi connectivity index (χ4v) is 13.2. The highest BCUT2D eigenvalue weighted by atomic mass is 32.2. The van der Waals surface area contributed by atoms with Gasteiger partial charge in [0.2, 0.25) is 6.71 Å². The van der Waals surface area contributed by atoms with E-state index in [1.54, 1.807) is 5.46 Å². The molecule has 7 aromatic carbocycles. The predicted molar refractivity (Wildman–Crippen MR) is 222 cm³/mol. The molecule has 0 unspecified atom stereocenters. The van der Waals surface area contributed by atoms with Crippen molar-refractivity contribution in [2.75, 3.05) is 0 Å². The molecule has 3 aliphatic rings. The third-order valence-corrected chi connectivity index (χ3v) is 15.1. The maximum atomic E-state index is 2.63. The van der Waals surface area contributed by atoms with Crippen molar-refractivity contribution in [1.29, 1.82) is 0 Å². The van der Waals surface area contributed by atoms with Crippen LogP contribution >= 0.6 is 11.8 Å². The molecule has 242 valence electrons. The van der Waals surface area contributed by atoms with E-state index in [2.05, 4.69) is 164 Å². The second-order valence-electron chi connectivity index (χ2n) is 16.8. The molecule has 3 aliphatic heterocycles. The molecule has 14 rings (SSSR count). The molecule has 0 amide bonds. The van der Waals surface area contributed by atoms with Gasteiger partial charge in [-0.05, 0) is 57.4 Å². The molecule has 0 bridgehead atoms. The van der Waals surface area contributed by atoms with Gasteiger partial charge in [-0.3, -0.25) is 0 Å². The lowest BCUT2D eigenvalue weighted by molar-refractivity contribution is 0.621. The summed E-state index contributed by atoms with van der Waals surface area (Å²) in [6.45, 7) is 10.1. The van der Waals surface area contributed by atoms with E-state index in [9.17, 15) is 0 Å². The summed E-state index contributed by atoms with van der Waals surface area (Å²) < 4.78 is 5.26. The largest absolute Gasteiger partial charge is 0.307 e. The van der Waals surface area contributed by atoms with Gasteiger partial charge < -0.3 is 8.80 Å². The molecule has 0 saturated carbocycles. The van der Waals surface area contributed by atoms with E-state index >= 15 is 0 Å². The minimum Gasteiger partial charge on any atom is -0.307 e. The Morgan fingerprint density at radius 2 is 0.808 bits per heavy atom. The van der Waals surface area contributed by atoms with Crippen molar-refractivity contribution in [2.24, 2.45) is 0 Å². The molecule has 2 nitrogen and oxygen atoms in total. The Morgan fingerprint density at radius 1 is 0.404 bits per heavy atom. The first kappa shape index (κ1) is 27.2. The van der Waals surface area contributed by atoms with Crippen LogP contribution in [-0.4, -0.2) is 15.5 Å². The third-order valence-electron chi connectivity index (χ3n) is 13.9. The number of benzene rings is 7. The van der Waals surface area contributed by atoms with E-state index in [0.717, 1.165) is 0 Å². The average Bonchev–Trinajstić information content (AvgIpc) is 3.89. The van der Waals surface area contributed by atoms with Gasteiger partial charge in [0.25, 0.3) is 0 Å². The number of nitrogens with zero attached hydrogens (tertiary/aromatic N) is 2. The number of hydrogen-bond donors (Lipinski definition) is 0. The van der Waals surface area contributed by atoms with E-state index in [1.807, 2.05) is 0 Å². The maximum absolute atomic E-state index is 2.63. The Morgan fingerprint density at radius 3 is 1.29 bits per heavy atom. The summed E-state index contributed by atoms with van der Waals surface area (Å²) in [6.07, 6.45) is 0. The Bertz CT molecular complexity index is 3280. The molecule has 0 fully saturated rings. The van der Waals surface area contributed by atoms with Crippen LogP contribution in [0, 0.1) is 0 Å².